The lowest BCUT2D eigenvalue weighted by molar-refractivity contribution is -0.129. The minimum Gasteiger partial charge on any atom is -0.342 e. The van der Waals surface area contributed by atoms with E-state index in [2.05, 4.69) is 34.5 Å². The van der Waals surface area contributed by atoms with E-state index in [4.69, 9.17) is 0 Å². The van der Waals surface area contributed by atoms with Gasteiger partial charge in [0.1, 0.15) is 5.82 Å². The number of piperidine rings is 1. The molecule has 2 aromatic rings. The Labute approximate surface area is 188 Å². The number of benzene rings is 1. The predicted molar refractivity (Wildman–Crippen MR) is 122 cm³/mol. The van der Waals surface area contributed by atoms with E-state index in [0.717, 1.165) is 38.2 Å². The summed E-state index contributed by atoms with van der Waals surface area (Å²) < 4.78 is 25.2. The summed E-state index contributed by atoms with van der Waals surface area (Å²) in [6, 6.07) is 10.6. The highest BCUT2D eigenvalue weighted by Crippen LogP contribution is 2.25. The van der Waals surface area contributed by atoms with Crippen molar-refractivity contribution in [2.75, 3.05) is 30.3 Å². The van der Waals surface area contributed by atoms with Crippen LogP contribution >= 0.6 is 11.8 Å². The van der Waals surface area contributed by atoms with Gasteiger partial charge in [0.05, 0.1) is 17.3 Å². The topological polar surface area (TPSA) is 85.2 Å². The van der Waals surface area contributed by atoms with Crippen molar-refractivity contribution in [3.05, 3.63) is 41.7 Å². The summed E-state index contributed by atoms with van der Waals surface area (Å²) in [5.41, 5.74) is 1.37. The Morgan fingerprint density at radius 1 is 1.06 bits per heavy atom. The Bertz CT molecular complexity index is 999. The third-order valence-electron chi connectivity index (χ3n) is 6.38. The first-order valence-electron chi connectivity index (χ1n) is 10.9. The minimum atomic E-state index is -2.89. The smallest absolute Gasteiger partial charge is 0.233 e. The molecule has 2 saturated heterocycles. The molecule has 3 heterocycles. The van der Waals surface area contributed by atoms with Crippen molar-refractivity contribution in [2.45, 2.75) is 37.3 Å². The molecule has 0 spiro atoms. The molecule has 4 rings (SSSR count). The molecule has 0 bridgehead atoms. The lowest BCUT2D eigenvalue weighted by Gasteiger charge is -2.32. The van der Waals surface area contributed by atoms with Crippen LogP contribution in [0.3, 0.4) is 0 Å². The maximum absolute atomic E-state index is 12.7. The number of aromatic nitrogens is 3. The van der Waals surface area contributed by atoms with Crippen LogP contribution in [-0.4, -0.2) is 64.3 Å². The fourth-order valence-corrected chi connectivity index (χ4v) is 7.19. The second kappa shape index (κ2) is 9.73. The van der Waals surface area contributed by atoms with E-state index < -0.39 is 9.84 Å². The highest BCUT2D eigenvalue weighted by Gasteiger charge is 2.29. The van der Waals surface area contributed by atoms with Crippen molar-refractivity contribution in [2.24, 2.45) is 18.9 Å². The van der Waals surface area contributed by atoms with Crippen LogP contribution in [0.2, 0.25) is 0 Å². The first-order valence-corrected chi connectivity index (χ1v) is 13.7. The van der Waals surface area contributed by atoms with Crippen LogP contribution < -0.4 is 0 Å². The summed E-state index contributed by atoms with van der Waals surface area (Å²) in [6.45, 7) is 1.63. The van der Waals surface area contributed by atoms with E-state index in [1.54, 1.807) is 0 Å². The maximum atomic E-state index is 12.7. The molecule has 9 heteroatoms. The fourth-order valence-electron chi connectivity index (χ4n) is 4.49. The highest BCUT2D eigenvalue weighted by molar-refractivity contribution is 7.99. The van der Waals surface area contributed by atoms with Crippen molar-refractivity contribution >= 4 is 27.5 Å². The molecule has 2 aliphatic heterocycles. The van der Waals surface area contributed by atoms with Crippen molar-refractivity contribution in [1.29, 1.82) is 0 Å². The number of carbonyl (C=O) groups is 1. The Kier molecular flexibility index (Phi) is 7.01. The maximum Gasteiger partial charge on any atom is 0.233 e. The van der Waals surface area contributed by atoms with E-state index >= 15 is 0 Å². The Balaban J connectivity index is 1.23. The van der Waals surface area contributed by atoms with Gasteiger partial charge >= 0.3 is 0 Å². The number of carbonyl (C=O) groups excluding carboxylic acids is 1. The van der Waals surface area contributed by atoms with Gasteiger partial charge in [0.15, 0.2) is 15.0 Å². The number of thioether (sulfide) groups is 1. The normalized spacial score (nSPS) is 21.5. The average molecular weight is 463 g/mol. The lowest BCUT2D eigenvalue weighted by Crippen LogP contribution is -2.39. The Morgan fingerprint density at radius 3 is 2.48 bits per heavy atom. The summed E-state index contributed by atoms with van der Waals surface area (Å²) in [4.78, 5) is 14.7. The molecule has 1 amide bonds. The van der Waals surface area contributed by atoms with E-state index in [9.17, 15) is 13.2 Å². The number of amides is 1. The predicted octanol–water partition coefficient (Wildman–Crippen LogP) is 2.37. The second-order valence-electron chi connectivity index (χ2n) is 8.73. The monoisotopic (exact) mass is 462 g/mol. The van der Waals surface area contributed by atoms with E-state index in [1.807, 2.05) is 22.6 Å². The lowest BCUT2D eigenvalue weighted by atomic mass is 9.90. The average Bonchev–Trinajstić information content (AvgIpc) is 3.29. The SMILES string of the molecule is Cn1c(CC2CCS(=O)(=O)C2)nnc1SCC(=O)N1CCC(Cc2ccccc2)CC1. The van der Waals surface area contributed by atoms with Crippen molar-refractivity contribution in [1.82, 2.24) is 19.7 Å². The molecule has 0 saturated carbocycles. The van der Waals surface area contributed by atoms with Crippen molar-refractivity contribution in [3.63, 3.8) is 0 Å². The molecule has 168 valence electrons. The van der Waals surface area contributed by atoms with Gasteiger partial charge in [-0.15, -0.1) is 10.2 Å². The fraction of sp³-hybridized carbons (Fsp3) is 0.591. The highest BCUT2D eigenvalue weighted by atomic mass is 32.2. The van der Waals surface area contributed by atoms with Crippen LogP contribution in [0.15, 0.2) is 35.5 Å². The van der Waals surface area contributed by atoms with Crippen LogP contribution in [0.25, 0.3) is 0 Å². The van der Waals surface area contributed by atoms with Gasteiger partial charge in [-0.1, -0.05) is 42.1 Å². The van der Waals surface area contributed by atoms with E-state index in [1.165, 1.54) is 17.3 Å². The van der Waals surface area contributed by atoms with Gasteiger partial charge in [-0.25, -0.2) is 8.42 Å². The molecule has 0 radical (unpaired) electrons. The standard InChI is InChI=1S/C22H30N4O3S2/c1-25-20(14-19-9-12-31(28,29)16-19)23-24-22(25)30-15-21(27)26-10-7-18(8-11-26)13-17-5-3-2-4-6-17/h2-6,18-19H,7-16H2,1H3. The first kappa shape index (κ1) is 22.3. The molecule has 1 aromatic carbocycles. The van der Waals surface area contributed by atoms with E-state index in [-0.39, 0.29) is 23.3 Å². The summed E-state index contributed by atoms with van der Waals surface area (Å²) in [7, 11) is -1.00. The molecule has 0 N–H and O–H groups in total. The summed E-state index contributed by atoms with van der Waals surface area (Å²) in [6.07, 6.45) is 4.48. The number of rotatable bonds is 7. The summed E-state index contributed by atoms with van der Waals surface area (Å²) in [5, 5.41) is 9.18. The van der Waals surface area contributed by atoms with Crippen LogP contribution in [0.4, 0.5) is 0 Å². The summed E-state index contributed by atoms with van der Waals surface area (Å²) in [5.74, 6) is 2.56. The number of hydrogen-bond donors (Lipinski definition) is 0. The summed E-state index contributed by atoms with van der Waals surface area (Å²) >= 11 is 1.41. The van der Waals surface area contributed by atoms with Gasteiger partial charge in [-0.2, -0.15) is 0 Å². The third kappa shape index (κ3) is 5.88. The number of likely N-dealkylation sites (tertiary alicyclic amines) is 1. The first-order chi connectivity index (χ1) is 14.9. The van der Waals surface area contributed by atoms with Crippen LogP contribution in [-0.2, 0) is 34.5 Å². The van der Waals surface area contributed by atoms with Crippen LogP contribution in [0.1, 0.15) is 30.7 Å². The van der Waals surface area contributed by atoms with E-state index in [0.29, 0.717) is 29.7 Å². The molecule has 2 fully saturated rings. The van der Waals surface area contributed by atoms with Gasteiger partial charge in [0.25, 0.3) is 0 Å². The van der Waals surface area contributed by atoms with Gasteiger partial charge in [0, 0.05) is 26.6 Å². The minimum absolute atomic E-state index is 0.115. The molecule has 1 unspecified atom stereocenters. The number of sulfone groups is 1. The van der Waals surface area contributed by atoms with Crippen molar-refractivity contribution < 1.29 is 13.2 Å². The zero-order valence-corrected chi connectivity index (χ0v) is 19.6. The third-order valence-corrected chi connectivity index (χ3v) is 9.22. The zero-order valence-electron chi connectivity index (χ0n) is 17.9. The largest absolute Gasteiger partial charge is 0.342 e. The molecular weight excluding hydrogens is 432 g/mol. The molecule has 7 nitrogen and oxygen atoms in total. The second-order valence-corrected chi connectivity index (χ2v) is 11.9. The van der Waals surface area contributed by atoms with Gasteiger partial charge in [0.2, 0.25) is 5.91 Å². The van der Waals surface area contributed by atoms with Crippen molar-refractivity contribution in [3.8, 4) is 0 Å². The van der Waals surface area contributed by atoms with Gasteiger partial charge in [-0.3, -0.25) is 4.79 Å². The molecule has 2 aliphatic rings. The Morgan fingerprint density at radius 2 is 1.81 bits per heavy atom. The number of nitrogens with zero attached hydrogens (tertiary/aromatic N) is 4. The zero-order chi connectivity index (χ0) is 21.8. The molecule has 31 heavy (non-hydrogen) atoms. The molecule has 1 atom stereocenters. The quantitative estimate of drug-likeness (QED) is 0.588. The molecule has 0 aliphatic carbocycles. The van der Waals surface area contributed by atoms with Crippen LogP contribution in [0.5, 0.6) is 0 Å². The van der Waals surface area contributed by atoms with Gasteiger partial charge in [-0.05, 0) is 43.1 Å². The van der Waals surface area contributed by atoms with Gasteiger partial charge < -0.3 is 9.47 Å². The Hall–Kier alpha value is -1.87. The molecular formula is C22H30N4O3S2. The number of hydrogen-bond acceptors (Lipinski definition) is 6. The molecule has 1 aromatic heterocycles. The van der Waals surface area contributed by atoms with Crippen LogP contribution in [0, 0.1) is 11.8 Å².